The van der Waals surface area contributed by atoms with Gasteiger partial charge in [0.05, 0.1) is 11.3 Å². The predicted octanol–water partition coefficient (Wildman–Crippen LogP) is 5.52. The Morgan fingerprint density at radius 3 is 2.75 bits per heavy atom. The second-order valence-corrected chi connectivity index (χ2v) is 8.19. The predicted molar refractivity (Wildman–Crippen MR) is 118 cm³/mol. The largest absolute Gasteiger partial charge is 0.416 e. The summed E-state index contributed by atoms with van der Waals surface area (Å²) in [7, 11) is 0. The Bertz CT molecular complexity index is 1130. The van der Waals surface area contributed by atoms with Crippen LogP contribution < -0.4 is 10.6 Å². The number of nitrogens with zero attached hydrogens (tertiary/aromatic N) is 2. The maximum absolute atomic E-state index is 13.4. The van der Waals surface area contributed by atoms with E-state index in [1.807, 2.05) is 36.1 Å². The van der Waals surface area contributed by atoms with E-state index in [-0.39, 0.29) is 17.6 Å². The number of nitrogens with one attached hydrogen (secondary N) is 2. The van der Waals surface area contributed by atoms with Crippen LogP contribution in [0.3, 0.4) is 0 Å². The van der Waals surface area contributed by atoms with E-state index in [0.29, 0.717) is 25.2 Å². The molecule has 2 atom stereocenters. The molecule has 1 saturated heterocycles. The van der Waals surface area contributed by atoms with Crippen LogP contribution in [0.1, 0.15) is 36.2 Å². The van der Waals surface area contributed by atoms with Gasteiger partial charge in [-0.25, -0.2) is 4.79 Å². The Labute approximate surface area is 184 Å². The summed E-state index contributed by atoms with van der Waals surface area (Å²) in [6.45, 7) is 4.76. The smallest absolute Gasteiger partial charge is 0.334 e. The molecule has 0 aliphatic carbocycles. The summed E-state index contributed by atoms with van der Waals surface area (Å²) in [5.41, 5.74) is 1.19. The number of urea groups is 1. The molecule has 5 nitrogen and oxygen atoms in total. The average molecular weight is 442 g/mol. The highest BCUT2D eigenvalue weighted by molar-refractivity contribution is 6.01. The van der Waals surface area contributed by atoms with Crippen molar-refractivity contribution in [3.63, 3.8) is 0 Å². The summed E-state index contributed by atoms with van der Waals surface area (Å²) in [5.74, 6) is 0. The van der Waals surface area contributed by atoms with E-state index < -0.39 is 17.8 Å². The fraction of sp³-hybridized carbons (Fsp3) is 0.333. The van der Waals surface area contributed by atoms with E-state index in [9.17, 15) is 18.0 Å². The summed E-state index contributed by atoms with van der Waals surface area (Å²) in [6, 6.07) is 12.3. The van der Waals surface area contributed by atoms with Gasteiger partial charge < -0.3 is 10.6 Å². The van der Waals surface area contributed by atoms with Crippen LogP contribution in [0.15, 0.2) is 54.7 Å². The van der Waals surface area contributed by atoms with Gasteiger partial charge in [-0.2, -0.15) is 13.2 Å². The fourth-order valence-corrected chi connectivity index (χ4v) is 4.30. The summed E-state index contributed by atoms with van der Waals surface area (Å²) >= 11 is 0. The monoisotopic (exact) mass is 442 g/mol. The van der Waals surface area contributed by atoms with Crippen LogP contribution in [-0.4, -0.2) is 35.0 Å². The molecule has 0 bridgehead atoms. The lowest BCUT2D eigenvalue weighted by Crippen LogP contribution is -2.40. The maximum Gasteiger partial charge on any atom is 0.416 e. The van der Waals surface area contributed by atoms with Crippen molar-refractivity contribution >= 4 is 22.5 Å². The number of hydrogen-bond donors (Lipinski definition) is 2. The van der Waals surface area contributed by atoms with Crippen LogP contribution in [0.5, 0.6) is 0 Å². The number of aromatic nitrogens is 1. The Balaban J connectivity index is 1.41. The van der Waals surface area contributed by atoms with Gasteiger partial charge in [0.2, 0.25) is 0 Å². The number of halogens is 3. The lowest BCUT2D eigenvalue weighted by molar-refractivity contribution is -0.138. The quantitative estimate of drug-likeness (QED) is 0.560. The van der Waals surface area contributed by atoms with Crippen LogP contribution in [0, 0.1) is 6.92 Å². The molecule has 0 saturated carbocycles. The molecule has 0 radical (unpaired) electrons. The van der Waals surface area contributed by atoms with Crippen LogP contribution in [0.4, 0.5) is 23.7 Å². The van der Waals surface area contributed by atoms with E-state index in [0.717, 1.165) is 22.5 Å². The highest BCUT2D eigenvalue weighted by atomic mass is 19.4. The normalized spacial score (nSPS) is 18.0. The molecule has 1 aliphatic rings. The number of likely N-dealkylation sites (tertiary alicyclic amines) is 1. The van der Waals surface area contributed by atoms with Crippen molar-refractivity contribution in [2.45, 2.75) is 38.5 Å². The summed E-state index contributed by atoms with van der Waals surface area (Å²) < 4.78 is 40.2. The standard InChI is InChI=1S/C24H25F3N4O/c1-15-12-20-17(13-28-15)6-5-9-22(20)30-23(32)29-18-10-11-31(14-18)16(2)19-7-3-4-8-21(19)24(25,26)27/h3-9,12-13,16,18H,10-11,14H2,1-2H3,(H2,29,30,32). The topological polar surface area (TPSA) is 57.3 Å². The third-order valence-electron chi connectivity index (χ3n) is 5.97. The minimum absolute atomic E-state index is 0.145. The molecule has 2 N–H and O–H groups in total. The molecule has 2 aromatic carbocycles. The zero-order valence-corrected chi connectivity index (χ0v) is 17.9. The van der Waals surface area contributed by atoms with E-state index in [4.69, 9.17) is 0 Å². The molecule has 168 valence electrons. The van der Waals surface area contributed by atoms with Crippen molar-refractivity contribution < 1.29 is 18.0 Å². The van der Waals surface area contributed by atoms with Crippen molar-refractivity contribution in [3.8, 4) is 0 Å². The van der Waals surface area contributed by atoms with Gasteiger partial charge in [0.15, 0.2) is 0 Å². The first-order chi connectivity index (χ1) is 15.2. The van der Waals surface area contributed by atoms with Crippen LogP contribution in [0.2, 0.25) is 0 Å². The number of anilines is 1. The zero-order chi connectivity index (χ0) is 22.9. The summed E-state index contributed by atoms with van der Waals surface area (Å²) in [4.78, 5) is 18.9. The number of alkyl halides is 3. The first kappa shape index (κ1) is 22.1. The number of fused-ring (bicyclic) bond motifs is 1. The van der Waals surface area contributed by atoms with Gasteiger partial charge in [-0.3, -0.25) is 9.88 Å². The summed E-state index contributed by atoms with van der Waals surface area (Å²) in [6.07, 6.45) is -1.96. The Morgan fingerprint density at radius 2 is 1.97 bits per heavy atom. The number of hydrogen-bond acceptors (Lipinski definition) is 3. The number of benzene rings is 2. The minimum Gasteiger partial charge on any atom is -0.334 e. The van der Waals surface area contributed by atoms with Gasteiger partial charge in [-0.05, 0) is 44.0 Å². The molecule has 4 rings (SSSR count). The van der Waals surface area contributed by atoms with Crippen LogP contribution in [-0.2, 0) is 6.18 Å². The molecule has 1 aliphatic heterocycles. The molecule has 2 heterocycles. The van der Waals surface area contributed by atoms with Gasteiger partial charge >= 0.3 is 12.2 Å². The molecule has 1 fully saturated rings. The van der Waals surface area contributed by atoms with Gasteiger partial charge in [0.25, 0.3) is 0 Å². The van der Waals surface area contributed by atoms with Crippen molar-refractivity contribution in [3.05, 3.63) is 71.5 Å². The number of pyridine rings is 1. The second-order valence-electron chi connectivity index (χ2n) is 8.19. The molecule has 2 unspecified atom stereocenters. The van der Waals surface area contributed by atoms with E-state index in [2.05, 4.69) is 15.6 Å². The lowest BCUT2D eigenvalue weighted by atomic mass is 10.00. The highest BCUT2D eigenvalue weighted by Gasteiger charge is 2.36. The average Bonchev–Trinajstić information content (AvgIpc) is 3.21. The Kier molecular flexibility index (Phi) is 6.06. The Hall–Kier alpha value is -3.13. The molecule has 1 aromatic heterocycles. The van der Waals surface area contributed by atoms with Gasteiger partial charge in [0.1, 0.15) is 0 Å². The maximum atomic E-state index is 13.4. The number of carbonyl (C=O) groups excluding carboxylic acids is 1. The van der Waals surface area contributed by atoms with Crippen molar-refractivity contribution in [1.29, 1.82) is 0 Å². The van der Waals surface area contributed by atoms with Crippen molar-refractivity contribution in [2.75, 3.05) is 18.4 Å². The zero-order valence-electron chi connectivity index (χ0n) is 17.9. The highest BCUT2D eigenvalue weighted by Crippen LogP contribution is 2.37. The van der Waals surface area contributed by atoms with Crippen LogP contribution >= 0.6 is 0 Å². The van der Waals surface area contributed by atoms with Gasteiger partial charge in [0, 0.05) is 47.8 Å². The fourth-order valence-electron chi connectivity index (χ4n) is 4.30. The van der Waals surface area contributed by atoms with E-state index in [1.54, 1.807) is 19.2 Å². The van der Waals surface area contributed by atoms with E-state index in [1.165, 1.54) is 12.1 Å². The van der Waals surface area contributed by atoms with Gasteiger partial charge in [-0.15, -0.1) is 0 Å². The molecule has 2 amide bonds. The lowest BCUT2D eigenvalue weighted by Gasteiger charge is -2.27. The molecule has 32 heavy (non-hydrogen) atoms. The van der Waals surface area contributed by atoms with Gasteiger partial charge in [-0.1, -0.05) is 30.3 Å². The molecule has 0 spiro atoms. The number of carbonyl (C=O) groups is 1. The third kappa shape index (κ3) is 4.70. The van der Waals surface area contributed by atoms with Crippen LogP contribution in [0.25, 0.3) is 10.8 Å². The molecule has 3 aromatic rings. The minimum atomic E-state index is -4.39. The second kappa shape index (κ2) is 8.78. The number of amides is 2. The molecular formula is C24H25F3N4O. The molecular weight excluding hydrogens is 417 g/mol. The summed E-state index contributed by atoms with van der Waals surface area (Å²) in [5, 5.41) is 7.69. The van der Waals surface area contributed by atoms with Crippen molar-refractivity contribution in [1.82, 2.24) is 15.2 Å². The molecule has 8 heteroatoms. The van der Waals surface area contributed by atoms with E-state index >= 15 is 0 Å². The first-order valence-electron chi connectivity index (χ1n) is 10.6. The SMILES string of the molecule is Cc1cc2c(NC(=O)NC3CCN(C(C)c4ccccc4C(F)(F)F)C3)cccc2cn1. The van der Waals surface area contributed by atoms with Crippen molar-refractivity contribution in [2.24, 2.45) is 0 Å². The number of aryl methyl sites for hydroxylation is 1. The third-order valence-corrected chi connectivity index (χ3v) is 5.97. The number of rotatable bonds is 4. The Morgan fingerprint density at radius 1 is 1.19 bits per heavy atom. The first-order valence-corrected chi connectivity index (χ1v) is 10.6.